The Balaban J connectivity index is 1.33. The number of carbonyl (C=O) groups excluding carboxylic acids is 1. The molecule has 0 unspecified atom stereocenters. The molecule has 0 radical (unpaired) electrons. The zero-order chi connectivity index (χ0) is 18.6. The molecule has 6 heteroatoms. The van der Waals surface area contributed by atoms with Crippen LogP contribution in [-0.2, 0) is 22.6 Å². The summed E-state index contributed by atoms with van der Waals surface area (Å²) in [5.74, 6) is 0.868. The van der Waals surface area contributed by atoms with E-state index in [0.29, 0.717) is 6.54 Å². The van der Waals surface area contributed by atoms with Crippen LogP contribution in [0.1, 0.15) is 17.5 Å². The van der Waals surface area contributed by atoms with Crippen LogP contribution in [0, 0.1) is 5.92 Å². The molecule has 27 heavy (non-hydrogen) atoms. The Morgan fingerprint density at radius 1 is 1.30 bits per heavy atom. The van der Waals surface area contributed by atoms with Gasteiger partial charge < -0.3 is 14.8 Å². The van der Waals surface area contributed by atoms with E-state index in [1.165, 1.54) is 5.56 Å². The van der Waals surface area contributed by atoms with Crippen LogP contribution in [-0.4, -0.2) is 48.2 Å². The topological polar surface area (TPSA) is 63.7 Å². The number of nitrogens with zero attached hydrogens (tertiary/aromatic N) is 2. The minimum Gasteiger partial charge on any atom is -0.497 e. The SMILES string of the molecule is COc1cccc(CN2C[C@H]3C[C@H](C(=O)NCc4cccnc4)[C@@H](C2)O3)c1. The molecule has 1 aromatic carbocycles. The maximum atomic E-state index is 12.7. The fourth-order valence-corrected chi connectivity index (χ4v) is 3.99. The smallest absolute Gasteiger partial charge is 0.226 e. The first kappa shape index (κ1) is 17.9. The van der Waals surface area contributed by atoms with E-state index in [9.17, 15) is 4.79 Å². The molecule has 2 fully saturated rings. The number of methoxy groups -OCH3 is 1. The molecule has 2 aromatic rings. The van der Waals surface area contributed by atoms with Crippen molar-refractivity contribution in [3.63, 3.8) is 0 Å². The normalized spacial score (nSPS) is 24.6. The van der Waals surface area contributed by atoms with Gasteiger partial charge in [0.2, 0.25) is 5.91 Å². The molecular weight excluding hydrogens is 342 g/mol. The molecule has 2 aliphatic rings. The number of fused-ring (bicyclic) bond motifs is 2. The molecule has 1 N–H and O–H groups in total. The zero-order valence-corrected chi connectivity index (χ0v) is 15.5. The fourth-order valence-electron chi connectivity index (χ4n) is 3.99. The standard InChI is InChI=1S/C21H25N3O3/c1-26-17-6-2-4-15(8-17)12-24-13-18-9-19(20(14-24)27-18)21(25)23-11-16-5-3-7-22-10-16/h2-8,10,18-20H,9,11-14H2,1H3,(H,23,25)/t18-,19+,20-/m1/s1. The second kappa shape index (κ2) is 8.06. The number of morpholine rings is 1. The number of benzene rings is 1. The molecular formula is C21H25N3O3. The second-order valence-electron chi connectivity index (χ2n) is 7.26. The number of amides is 1. The van der Waals surface area contributed by atoms with Gasteiger partial charge >= 0.3 is 0 Å². The number of nitrogens with one attached hydrogen (secondary N) is 1. The lowest BCUT2D eigenvalue weighted by Gasteiger charge is -2.32. The Labute approximate surface area is 159 Å². The van der Waals surface area contributed by atoms with Gasteiger partial charge in [-0.2, -0.15) is 0 Å². The van der Waals surface area contributed by atoms with Crippen LogP contribution in [0.3, 0.4) is 0 Å². The van der Waals surface area contributed by atoms with E-state index >= 15 is 0 Å². The first-order valence-corrected chi connectivity index (χ1v) is 9.38. The Bertz CT molecular complexity index is 783. The highest BCUT2D eigenvalue weighted by Crippen LogP contribution is 2.33. The van der Waals surface area contributed by atoms with E-state index in [2.05, 4.69) is 27.3 Å². The van der Waals surface area contributed by atoms with E-state index in [1.54, 1.807) is 19.5 Å². The van der Waals surface area contributed by atoms with Gasteiger partial charge in [-0.05, 0) is 35.7 Å². The highest BCUT2D eigenvalue weighted by molar-refractivity contribution is 5.79. The number of hydrogen-bond donors (Lipinski definition) is 1. The molecule has 2 saturated heterocycles. The van der Waals surface area contributed by atoms with E-state index in [-0.39, 0.29) is 24.0 Å². The average molecular weight is 367 g/mol. The monoisotopic (exact) mass is 367 g/mol. The summed E-state index contributed by atoms with van der Waals surface area (Å²) in [4.78, 5) is 19.1. The first-order chi connectivity index (χ1) is 13.2. The molecule has 0 spiro atoms. The Morgan fingerprint density at radius 2 is 2.19 bits per heavy atom. The van der Waals surface area contributed by atoms with Crippen molar-refractivity contribution in [3.8, 4) is 5.75 Å². The van der Waals surface area contributed by atoms with Gasteiger partial charge in [0, 0.05) is 38.6 Å². The van der Waals surface area contributed by atoms with E-state index in [1.807, 2.05) is 24.3 Å². The van der Waals surface area contributed by atoms with Gasteiger partial charge in [-0.1, -0.05) is 18.2 Å². The molecule has 1 aromatic heterocycles. The lowest BCUT2D eigenvalue weighted by molar-refractivity contribution is -0.128. The van der Waals surface area contributed by atoms with Gasteiger partial charge in [-0.3, -0.25) is 14.7 Å². The number of hydrogen-bond acceptors (Lipinski definition) is 5. The summed E-state index contributed by atoms with van der Waals surface area (Å²) < 4.78 is 11.4. The van der Waals surface area contributed by atoms with Crippen molar-refractivity contribution in [1.82, 2.24) is 15.2 Å². The molecule has 6 nitrogen and oxygen atoms in total. The Morgan fingerprint density at radius 3 is 3.00 bits per heavy atom. The molecule has 4 rings (SSSR count). The predicted molar refractivity (Wildman–Crippen MR) is 101 cm³/mol. The van der Waals surface area contributed by atoms with Gasteiger partial charge in [0.15, 0.2) is 0 Å². The summed E-state index contributed by atoms with van der Waals surface area (Å²) in [5, 5.41) is 3.04. The summed E-state index contributed by atoms with van der Waals surface area (Å²) in [6.07, 6.45) is 4.39. The Hall–Kier alpha value is -2.44. The van der Waals surface area contributed by atoms with Crippen molar-refractivity contribution in [3.05, 3.63) is 59.9 Å². The molecule has 3 heterocycles. The largest absolute Gasteiger partial charge is 0.497 e. The number of carbonyl (C=O) groups is 1. The van der Waals surface area contributed by atoms with Crippen LogP contribution in [0.25, 0.3) is 0 Å². The summed E-state index contributed by atoms with van der Waals surface area (Å²) in [6, 6.07) is 12.0. The maximum absolute atomic E-state index is 12.7. The van der Waals surface area contributed by atoms with Crippen LogP contribution in [0.2, 0.25) is 0 Å². The van der Waals surface area contributed by atoms with Crippen LogP contribution in [0.4, 0.5) is 0 Å². The molecule has 1 amide bonds. The van der Waals surface area contributed by atoms with Crippen LogP contribution in [0.5, 0.6) is 5.75 Å². The number of likely N-dealkylation sites (tertiary alicyclic amines) is 1. The fraction of sp³-hybridized carbons (Fsp3) is 0.429. The second-order valence-corrected chi connectivity index (χ2v) is 7.26. The molecule has 2 aliphatic heterocycles. The van der Waals surface area contributed by atoms with E-state index < -0.39 is 0 Å². The number of aromatic nitrogens is 1. The quantitative estimate of drug-likeness (QED) is 0.846. The lowest BCUT2D eigenvalue weighted by atomic mass is 9.99. The third kappa shape index (κ3) is 4.28. The molecule has 0 aliphatic carbocycles. The van der Waals surface area contributed by atoms with Crippen molar-refractivity contribution in [1.29, 1.82) is 0 Å². The van der Waals surface area contributed by atoms with Gasteiger partial charge in [0.1, 0.15) is 5.75 Å². The molecule has 2 bridgehead atoms. The van der Waals surface area contributed by atoms with E-state index in [0.717, 1.165) is 37.4 Å². The minimum atomic E-state index is -0.0815. The van der Waals surface area contributed by atoms with Crippen LogP contribution >= 0.6 is 0 Å². The van der Waals surface area contributed by atoms with Crippen LogP contribution < -0.4 is 10.1 Å². The van der Waals surface area contributed by atoms with E-state index in [4.69, 9.17) is 9.47 Å². The van der Waals surface area contributed by atoms with Gasteiger partial charge in [0.05, 0.1) is 25.2 Å². The number of rotatable bonds is 6. The third-order valence-corrected chi connectivity index (χ3v) is 5.30. The van der Waals surface area contributed by atoms with Gasteiger partial charge in [-0.15, -0.1) is 0 Å². The highest BCUT2D eigenvalue weighted by Gasteiger charge is 2.44. The summed E-state index contributed by atoms with van der Waals surface area (Å²) in [6.45, 7) is 2.99. The molecule has 0 saturated carbocycles. The van der Waals surface area contributed by atoms with Crippen molar-refractivity contribution >= 4 is 5.91 Å². The molecule has 3 atom stereocenters. The Kier molecular flexibility index (Phi) is 5.36. The van der Waals surface area contributed by atoms with Gasteiger partial charge in [0.25, 0.3) is 0 Å². The number of ether oxygens (including phenoxy) is 2. The summed E-state index contributed by atoms with van der Waals surface area (Å²) >= 11 is 0. The lowest BCUT2D eigenvalue weighted by Crippen LogP contribution is -2.44. The number of pyridine rings is 1. The molecule has 142 valence electrons. The minimum absolute atomic E-state index is 0.0387. The predicted octanol–water partition coefficient (Wildman–Crippen LogP) is 2.00. The van der Waals surface area contributed by atoms with Crippen molar-refractivity contribution in [2.45, 2.75) is 31.7 Å². The van der Waals surface area contributed by atoms with Crippen molar-refractivity contribution in [2.24, 2.45) is 5.92 Å². The first-order valence-electron chi connectivity index (χ1n) is 9.38. The summed E-state index contributed by atoms with van der Waals surface area (Å²) in [5.41, 5.74) is 2.22. The van der Waals surface area contributed by atoms with Gasteiger partial charge in [-0.25, -0.2) is 0 Å². The summed E-state index contributed by atoms with van der Waals surface area (Å²) in [7, 11) is 1.68. The maximum Gasteiger partial charge on any atom is 0.226 e. The average Bonchev–Trinajstić information content (AvgIpc) is 3.01. The zero-order valence-electron chi connectivity index (χ0n) is 15.5. The highest BCUT2D eigenvalue weighted by atomic mass is 16.5. The van der Waals surface area contributed by atoms with Crippen LogP contribution in [0.15, 0.2) is 48.8 Å². The van der Waals surface area contributed by atoms with Crippen molar-refractivity contribution < 1.29 is 14.3 Å². The van der Waals surface area contributed by atoms with Crippen molar-refractivity contribution in [2.75, 3.05) is 20.2 Å². The third-order valence-electron chi connectivity index (χ3n) is 5.30.